The lowest BCUT2D eigenvalue weighted by Crippen LogP contribution is -2.31. The number of thiazole rings is 1. The second kappa shape index (κ2) is 11.7. The Labute approximate surface area is 224 Å². The number of nitrogens with one attached hydrogen (secondary N) is 1. The number of fused-ring (bicyclic) bond motifs is 2. The second-order valence-electron chi connectivity index (χ2n) is 10.3. The fourth-order valence-corrected chi connectivity index (χ4v) is 6.31. The van der Waals surface area contributed by atoms with Crippen LogP contribution in [0.5, 0.6) is 5.75 Å². The number of anilines is 1. The average molecular weight is 520 g/mol. The summed E-state index contributed by atoms with van der Waals surface area (Å²) in [6, 6.07) is 11.0. The van der Waals surface area contributed by atoms with E-state index in [0.29, 0.717) is 19.7 Å². The molecule has 37 heavy (non-hydrogen) atoms. The first-order chi connectivity index (χ1) is 18.1. The number of hydrogen-bond donors (Lipinski definition) is 1. The van der Waals surface area contributed by atoms with Gasteiger partial charge in [0.05, 0.1) is 12.3 Å². The van der Waals surface area contributed by atoms with Crippen LogP contribution in [0, 0.1) is 25.7 Å². The average Bonchev–Trinajstić information content (AvgIpc) is 3.54. The Morgan fingerprint density at radius 3 is 2.89 bits per heavy atom. The molecule has 196 valence electrons. The molecule has 2 fully saturated rings. The lowest BCUT2D eigenvalue weighted by atomic mass is 9.93. The van der Waals surface area contributed by atoms with Gasteiger partial charge in [-0.15, -0.1) is 11.3 Å². The summed E-state index contributed by atoms with van der Waals surface area (Å²) in [5.74, 6) is 2.82. The Kier molecular flexibility index (Phi) is 8.11. The number of carbonyl (C=O) groups excluding carboxylic acids is 1. The number of benzene rings is 2. The van der Waals surface area contributed by atoms with Crippen molar-refractivity contribution in [3.05, 3.63) is 63.5 Å². The molecule has 1 aromatic heterocycles. The number of aryl methyl sites for hydroxylation is 1. The van der Waals surface area contributed by atoms with E-state index < -0.39 is 0 Å². The summed E-state index contributed by atoms with van der Waals surface area (Å²) < 4.78 is 10.6. The molecule has 3 aromatic rings. The monoisotopic (exact) mass is 519 g/mol. The van der Waals surface area contributed by atoms with Crippen molar-refractivity contribution >= 4 is 22.9 Å². The van der Waals surface area contributed by atoms with Gasteiger partial charge in [0.15, 0.2) is 5.13 Å². The molecule has 1 saturated heterocycles. The van der Waals surface area contributed by atoms with Crippen molar-refractivity contribution in [1.82, 2.24) is 10.3 Å². The number of piperidine rings is 1. The number of ether oxygens (including phenoxy) is 2. The second-order valence-corrected chi connectivity index (χ2v) is 11.1. The summed E-state index contributed by atoms with van der Waals surface area (Å²) >= 11 is 1.77. The molecule has 0 spiro atoms. The van der Waals surface area contributed by atoms with Crippen LogP contribution in [-0.4, -0.2) is 37.7 Å². The van der Waals surface area contributed by atoms with Crippen molar-refractivity contribution in [3.63, 3.8) is 0 Å². The fourth-order valence-electron chi connectivity index (χ4n) is 5.45. The highest BCUT2D eigenvalue weighted by Crippen LogP contribution is 2.46. The molecule has 1 saturated carbocycles. The molecule has 2 aromatic carbocycles. The predicted octanol–water partition coefficient (Wildman–Crippen LogP) is 5.68. The SMILES string of the molecule is CCOC=O.Cc1ccc(OCc2ccc3c(c2C)CCNC3)c(-c2csc(N3CCC4CC4C3)n2)c1. The molecule has 6 rings (SSSR count). The van der Waals surface area contributed by atoms with E-state index in [1.807, 2.05) is 0 Å². The van der Waals surface area contributed by atoms with Gasteiger partial charge in [0, 0.05) is 30.6 Å². The zero-order chi connectivity index (χ0) is 25.8. The van der Waals surface area contributed by atoms with Gasteiger partial charge >= 0.3 is 0 Å². The van der Waals surface area contributed by atoms with Crippen LogP contribution in [0.15, 0.2) is 35.7 Å². The minimum absolute atomic E-state index is 0.431. The van der Waals surface area contributed by atoms with Gasteiger partial charge in [-0.1, -0.05) is 23.8 Å². The van der Waals surface area contributed by atoms with Crippen LogP contribution < -0.4 is 15.0 Å². The van der Waals surface area contributed by atoms with E-state index in [1.165, 1.54) is 47.2 Å². The molecule has 2 unspecified atom stereocenters. The molecule has 2 atom stereocenters. The molecular weight excluding hydrogens is 482 g/mol. The van der Waals surface area contributed by atoms with Gasteiger partial charge in [-0.3, -0.25) is 4.79 Å². The van der Waals surface area contributed by atoms with E-state index in [4.69, 9.17) is 9.72 Å². The molecule has 7 heteroatoms. The fraction of sp³-hybridized carbons (Fsp3) is 0.467. The van der Waals surface area contributed by atoms with Crippen molar-refractivity contribution in [3.8, 4) is 17.0 Å². The molecule has 2 aliphatic heterocycles. The van der Waals surface area contributed by atoms with Gasteiger partial charge in [0.25, 0.3) is 6.47 Å². The minimum Gasteiger partial charge on any atom is -0.488 e. The third-order valence-electron chi connectivity index (χ3n) is 7.76. The molecule has 0 bridgehead atoms. The van der Waals surface area contributed by atoms with Crippen LogP contribution in [0.25, 0.3) is 11.3 Å². The maximum Gasteiger partial charge on any atom is 0.293 e. The molecule has 1 aliphatic carbocycles. The Morgan fingerprint density at radius 2 is 2.11 bits per heavy atom. The van der Waals surface area contributed by atoms with Crippen molar-refractivity contribution in [1.29, 1.82) is 0 Å². The first-order valence-corrected chi connectivity index (χ1v) is 14.3. The van der Waals surface area contributed by atoms with Crippen molar-refractivity contribution in [2.75, 3.05) is 31.1 Å². The van der Waals surface area contributed by atoms with E-state index in [9.17, 15) is 4.79 Å². The van der Waals surface area contributed by atoms with Crippen molar-refractivity contribution < 1.29 is 14.3 Å². The highest BCUT2D eigenvalue weighted by molar-refractivity contribution is 7.14. The van der Waals surface area contributed by atoms with Crippen LogP contribution in [0.2, 0.25) is 0 Å². The third kappa shape index (κ3) is 5.99. The van der Waals surface area contributed by atoms with Crippen LogP contribution in [0.4, 0.5) is 5.13 Å². The number of rotatable bonds is 7. The molecule has 3 heterocycles. The van der Waals surface area contributed by atoms with Crippen LogP contribution in [0.1, 0.15) is 47.6 Å². The van der Waals surface area contributed by atoms with Crippen molar-refractivity contribution in [2.45, 2.75) is 53.2 Å². The third-order valence-corrected chi connectivity index (χ3v) is 8.66. The Bertz CT molecular complexity index is 1240. The normalized spacial score (nSPS) is 19.7. The standard InChI is InChI=1S/C27H31N3OS.C3H6O2/c1-17-3-6-26(31-15-21-5-4-20-13-28-9-7-23(20)18(21)2)24(11-17)25-16-32-27(29-25)30-10-8-19-12-22(19)14-30;1-2-5-3-4/h3-6,11,16,19,22,28H,7-10,12-15H2,1-2H3;3H,2H2,1H3. The Hall–Kier alpha value is -2.90. The van der Waals surface area contributed by atoms with E-state index in [0.717, 1.165) is 60.0 Å². The maximum atomic E-state index is 9.18. The van der Waals surface area contributed by atoms with Gasteiger partial charge in [0.1, 0.15) is 12.4 Å². The molecule has 3 aliphatic rings. The summed E-state index contributed by atoms with van der Waals surface area (Å²) in [6.45, 7) is 12.0. The number of hydrogen-bond acceptors (Lipinski definition) is 7. The van der Waals surface area contributed by atoms with E-state index in [2.05, 4.69) is 64.5 Å². The summed E-state index contributed by atoms with van der Waals surface area (Å²) in [5, 5.41) is 6.83. The maximum absolute atomic E-state index is 9.18. The van der Waals surface area contributed by atoms with E-state index in [-0.39, 0.29) is 0 Å². The highest BCUT2D eigenvalue weighted by Gasteiger charge is 2.42. The van der Waals surface area contributed by atoms with Gasteiger partial charge in [-0.2, -0.15) is 0 Å². The van der Waals surface area contributed by atoms with Gasteiger partial charge in [-0.25, -0.2) is 4.98 Å². The molecular formula is C30H37N3O3S. The summed E-state index contributed by atoms with van der Waals surface area (Å²) in [7, 11) is 0. The van der Waals surface area contributed by atoms with E-state index in [1.54, 1.807) is 18.3 Å². The summed E-state index contributed by atoms with van der Waals surface area (Å²) in [4.78, 5) is 16.7. The topological polar surface area (TPSA) is 63.7 Å². The van der Waals surface area contributed by atoms with Crippen LogP contribution in [0.3, 0.4) is 0 Å². The predicted molar refractivity (Wildman–Crippen MR) is 149 cm³/mol. The van der Waals surface area contributed by atoms with Gasteiger partial charge in [0.2, 0.25) is 0 Å². The van der Waals surface area contributed by atoms with Crippen LogP contribution in [-0.2, 0) is 29.1 Å². The summed E-state index contributed by atoms with van der Waals surface area (Å²) in [6.07, 6.45) is 3.85. The molecule has 0 amide bonds. The highest BCUT2D eigenvalue weighted by atomic mass is 32.1. The Morgan fingerprint density at radius 1 is 1.22 bits per heavy atom. The molecule has 6 nitrogen and oxygen atoms in total. The lowest BCUT2D eigenvalue weighted by Gasteiger charge is -2.25. The largest absolute Gasteiger partial charge is 0.488 e. The van der Waals surface area contributed by atoms with Gasteiger partial charge in [-0.05, 0) is 92.8 Å². The van der Waals surface area contributed by atoms with E-state index >= 15 is 0 Å². The zero-order valence-corrected chi connectivity index (χ0v) is 22.9. The first-order valence-electron chi connectivity index (χ1n) is 13.4. The first kappa shape index (κ1) is 25.7. The molecule has 1 N–H and O–H groups in total. The smallest absolute Gasteiger partial charge is 0.293 e. The molecule has 0 radical (unpaired) electrons. The minimum atomic E-state index is 0.431. The van der Waals surface area contributed by atoms with Crippen molar-refractivity contribution in [2.24, 2.45) is 11.8 Å². The quantitative estimate of drug-likeness (QED) is 0.406. The number of aromatic nitrogens is 1. The lowest BCUT2D eigenvalue weighted by molar-refractivity contribution is -0.128. The van der Waals surface area contributed by atoms with Gasteiger partial charge < -0.3 is 19.7 Å². The number of carbonyl (C=O) groups is 1. The number of nitrogens with zero attached hydrogens (tertiary/aromatic N) is 2. The zero-order valence-electron chi connectivity index (χ0n) is 22.1. The Balaban J connectivity index is 0.000000514. The van der Waals surface area contributed by atoms with Crippen LogP contribution >= 0.6 is 11.3 Å². The summed E-state index contributed by atoms with van der Waals surface area (Å²) in [5.41, 5.74) is 8.97.